The van der Waals surface area contributed by atoms with Crippen LogP contribution in [0.15, 0.2) is 23.1 Å². The number of imide groups is 1. The molecule has 13 heteroatoms. The minimum Gasteiger partial charge on any atom is -0.378 e. The zero-order chi connectivity index (χ0) is 27.2. The van der Waals surface area contributed by atoms with Crippen molar-refractivity contribution in [3.8, 4) is 0 Å². The van der Waals surface area contributed by atoms with Crippen LogP contribution < -0.4 is 11.1 Å². The van der Waals surface area contributed by atoms with E-state index in [4.69, 9.17) is 29.4 Å². The van der Waals surface area contributed by atoms with Crippen LogP contribution in [0.5, 0.6) is 0 Å². The third-order valence-electron chi connectivity index (χ3n) is 5.95. The van der Waals surface area contributed by atoms with Gasteiger partial charge in [0, 0.05) is 35.5 Å². The SMILES string of the molecule is NCCOCCOCCOCCOCCOCCS(=O)c1cccc2c1CN(C1CCC(=O)NC1=O)C2=O. The lowest BCUT2D eigenvalue weighted by Crippen LogP contribution is -2.52. The number of nitrogens with zero attached hydrogens (tertiary/aromatic N) is 1. The summed E-state index contributed by atoms with van der Waals surface area (Å²) in [6, 6.07) is 4.40. The second-order valence-corrected chi connectivity index (χ2v) is 10.1. The van der Waals surface area contributed by atoms with E-state index in [0.717, 1.165) is 0 Å². The van der Waals surface area contributed by atoms with Crippen LogP contribution in [0.25, 0.3) is 0 Å². The molecule has 3 rings (SSSR count). The summed E-state index contributed by atoms with van der Waals surface area (Å²) in [4.78, 5) is 38.6. The molecule has 0 aromatic heterocycles. The highest BCUT2D eigenvalue weighted by Crippen LogP contribution is 2.31. The van der Waals surface area contributed by atoms with Gasteiger partial charge in [-0.05, 0) is 18.6 Å². The molecular weight excluding hydrogens is 518 g/mol. The third-order valence-corrected chi connectivity index (χ3v) is 7.36. The highest BCUT2D eigenvalue weighted by molar-refractivity contribution is 7.85. The first-order valence-corrected chi connectivity index (χ1v) is 14.1. The van der Waals surface area contributed by atoms with E-state index in [-0.39, 0.29) is 43.6 Å². The lowest BCUT2D eigenvalue weighted by molar-refractivity contribution is -0.136. The molecule has 3 N–H and O–H groups in total. The largest absolute Gasteiger partial charge is 0.378 e. The van der Waals surface area contributed by atoms with Crippen LogP contribution in [-0.2, 0) is 50.6 Å². The van der Waals surface area contributed by atoms with Crippen LogP contribution in [0, 0.1) is 0 Å². The molecule has 2 atom stereocenters. The predicted molar refractivity (Wildman–Crippen MR) is 137 cm³/mol. The van der Waals surface area contributed by atoms with Crippen LogP contribution in [-0.4, -0.2) is 111 Å². The Morgan fingerprint density at radius 3 is 2.03 bits per heavy atom. The molecule has 0 bridgehead atoms. The van der Waals surface area contributed by atoms with E-state index in [1.807, 2.05) is 0 Å². The average Bonchev–Trinajstić information content (AvgIpc) is 3.24. The molecule has 0 saturated carbocycles. The molecule has 1 aromatic rings. The summed E-state index contributed by atoms with van der Waals surface area (Å²) in [6.07, 6.45) is 0.468. The van der Waals surface area contributed by atoms with Crippen molar-refractivity contribution in [2.24, 2.45) is 5.73 Å². The second-order valence-electron chi connectivity index (χ2n) is 8.58. The average molecular weight is 556 g/mol. The smallest absolute Gasteiger partial charge is 0.255 e. The fourth-order valence-electron chi connectivity index (χ4n) is 4.08. The Bertz CT molecular complexity index is 962. The summed E-state index contributed by atoms with van der Waals surface area (Å²) >= 11 is 0. The first-order chi connectivity index (χ1) is 18.5. The van der Waals surface area contributed by atoms with E-state index >= 15 is 0 Å². The number of carbonyl (C=O) groups is 3. The molecule has 2 aliphatic rings. The Balaban J connectivity index is 1.27. The van der Waals surface area contributed by atoms with E-state index < -0.39 is 22.7 Å². The second kappa shape index (κ2) is 16.6. The summed E-state index contributed by atoms with van der Waals surface area (Å²) in [6.45, 7) is 5.11. The predicted octanol–water partition coefficient (Wildman–Crippen LogP) is -0.403. The van der Waals surface area contributed by atoms with Gasteiger partial charge in [-0.2, -0.15) is 0 Å². The molecule has 38 heavy (non-hydrogen) atoms. The molecule has 3 amide bonds. The van der Waals surface area contributed by atoms with E-state index in [0.29, 0.717) is 82.0 Å². The lowest BCUT2D eigenvalue weighted by atomic mass is 10.0. The molecule has 2 unspecified atom stereocenters. The molecule has 0 aliphatic carbocycles. The number of carbonyl (C=O) groups excluding carboxylic acids is 3. The maximum absolute atomic E-state index is 13.0. The summed E-state index contributed by atoms with van der Waals surface area (Å²) < 4.78 is 39.9. The maximum atomic E-state index is 13.0. The van der Waals surface area contributed by atoms with Crippen LogP contribution in [0.2, 0.25) is 0 Å². The van der Waals surface area contributed by atoms with Gasteiger partial charge in [-0.3, -0.25) is 23.9 Å². The lowest BCUT2D eigenvalue weighted by Gasteiger charge is -2.29. The Hall–Kier alpha value is -2.26. The summed E-state index contributed by atoms with van der Waals surface area (Å²) in [5.41, 5.74) is 6.43. The first kappa shape index (κ1) is 30.3. The number of nitrogens with two attached hydrogens (primary N) is 1. The van der Waals surface area contributed by atoms with Gasteiger partial charge in [0.1, 0.15) is 6.04 Å². The van der Waals surface area contributed by atoms with Gasteiger partial charge in [0.05, 0.1) is 82.6 Å². The van der Waals surface area contributed by atoms with Crippen LogP contribution in [0.1, 0.15) is 28.8 Å². The molecule has 1 aromatic carbocycles. The molecule has 2 heterocycles. The summed E-state index contributed by atoms with van der Waals surface area (Å²) in [5.74, 6) is -0.825. The van der Waals surface area contributed by atoms with E-state index in [2.05, 4.69) is 5.32 Å². The normalized spacial score (nSPS) is 18.1. The standard InChI is InChI=1S/C25H37N3O9S/c26-6-7-33-8-9-34-10-11-35-12-13-36-14-15-37-16-17-38(32)22-3-1-2-19-20(22)18-28(25(19)31)21-4-5-23(29)27-24(21)30/h1-3,21H,4-18,26H2,(H,27,29,30). The van der Waals surface area contributed by atoms with E-state index in [1.54, 1.807) is 18.2 Å². The molecule has 0 spiro atoms. The fourth-order valence-corrected chi connectivity index (χ4v) is 5.25. The van der Waals surface area contributed by atoms with Gasteiger partial charge < -0.3 is 34.3 Å². The number of amides is 3. The number of ether oxygens (including phenoxy) is 5. The van der Waals surface area contributed by atoms with Gasteiger partial charge in [0.25, 0.3) is 5.91 Å². The van der Waals surface area contributed by atoms with Crippen LogP contribution in [0.4, 0.5) is 0 Å². The van der Waals surface area contributed by atoms with Crippen LogP contribution >= 0.6 is 0 Å². The van der Waals surface area contributed by atoms with Gasteiger partial charge in [-0.15, -0.1) is 0 Å². The third kappa shape index (κ3) is 9.19. The maximum Gasteiger partial charge on any atom is 0.255 e. The highest BCUT2D eigenvalue weighted by Gasteiger charge is 2.40. The Kier molecular flexibility index (Phi) is 13.3. The van der Waals surface area contributed by atoms with Crippen molar-refractivity contribution in [2.45, 2.75) is 30.3 Å². The molecule has 1 saturated heterocycles. The van der Waals surface area contributed by atoms with Crippen molar-refractivity contribution >= 4 is 28.5 Å². The van der Waals surface area contributed by atoms with Crippen molar-refractivity contribution in [1.29, 1.82) is 0 Å². The molecule has 12 nitrogen and oxygen atoms in total. The van der Waals surface area contributed by atoms with Crippen molar-refractivity contribution < 1.29 is 42.3 Å². The van der Waals surface area contributed by atoms with E-state index in [1.165, 1.54) is 4.90 Å². The van der Waals surface area contributed by atoms with Crippen LogP contribution in [0.3, 0.4) is 0 Å². The summed E-state index contributed by atoms with van der Waals surface area (Å²) in [5, 5.41) is 2.29. The fraction of sp³-hybridized carbons (Fsp3) is 0.640. The number of piperidine rings is 1. The van der Waals surface area contributed by atoms with E-state index in [9.17, 15) is 18.6 Å². The first-order valence-electron chi connectivity index (χ1n) is 12.8. The van der Waals surface area contributed by atoms with Crippen molar-refractivity contribution in [2.75, 3.05) is 78.4 Å². The molecule has 212 valence electrons. The quantitative estimate of drug-likeness (QED) is 0.170. The van der Waals surface area contributed by atoms with Gasteiger partial charge in [0.15, 0.2) is 0 Å². The van der Waals surface area contributed by atoms with Gasteiger partial charge >= 0.3 is 0 Å². The Labute approximate surface area is 224 Å². The number of nitrogens with one attached hydrogen (secondary N) is 1. The molecular formula is C25H37N3O9S. The van der Waals surface area contributed by atoms with Crippen molar-refractivity contribution in [3.63, 3.8) is 0 Å². The highest BCUT2D eigenvalue weighted by atomic mass is 32.2. The number of hydrogen-bond acceptors (Lipinski definition) is 10. The summed E-state index contributed by atoms with van der Waals surface area (Å²) in [7, 11) is -1.38. The molecule has 0 radical (unpaired) electrons. The Morgan fingerprint density at radius 1 is 0.868 bits per heavy atom. The van der Waals surface area contributed by atoms with Crippen molar-refractivity contribution in [3.05, 3.63) is 29.3 Å². The molecule has 1 fully saturated rings. The van der Waals surface area contributed by atoms with Crippen molar-refractivity contribution in [1.82, 2.24) is 10.2 Å². The van der Waals surface area contributed by atoms with Gasteiger partial charge in [0.2, 0.25) is 11.8 Å². The zero-order valence-corrected chi connectivity index (χ0v) is 22.3. The zero-order valence-electron chi connectivity index (χ0n) is 21.5. The number of benzene rings is 1. The van der Waals surface area contributed by atoms with Gasteiger partial charge in [-0.1, -0.05) is 6.07 Å². The topological polar surface area (TPSA) is 156 Å². The monoisotopic (exact) mass is 555 g/mol. The Morgan fingerprint density at radius 2 is 1.45 bits per heavy atom. The minimum atomic E-state index is -1.38. The number of rotatable bonds is 19. The number of fused-ring (bicyclic) bond motifs is 1. The minimum absolute atomic E-state index is 0.185. The van der Waals surface area contributed by atoms with Gasteiger partial charge in [-0.25, -0.2) is 0 Å². The number of hydrogen-bond donors (Lipinski definition) is 2. The molecule has 2 aliphatic heterocycles.